The summed E-state index contributed by atoms with van der Waals surface area (Å²) in [7, 11) is 0. The van der Waals surface area contributed by atoms with Gasteiger partial charge < -0.3 is 10.5 Å². The molecule has 0 heterocycles. The number of halogens is 2. The summed E-state index contributed by atoms with van der Waals surface area (Å²) in [5.41, 5.74) is 6.01. The van der Waals surface area contributed by atoms with Crippen LogP contribution in [0.25, 0.3) is 0 Å². The second kappa shape index (κ2) is 5.11. The van der Waals surface area contributed by atoms with Crippen LogP contribution in [0.1, 0.15) is 39.7 Å². The number of nitriles is 1. The smallest absolute Gasteiger partial charge is 0.121 e. The van der Waals surface area contributed by atoms with Gasteiger partial charge in [-0.05, 0) is 26.0 Å². The fourth-order valence-corrected chi connectivity index (χ4v) is 2.93. The van der Waals surface area contributed by atoms with Crippen LogP contribution in [0.15, 0.2) is 18.2 Å². The Morgan fingerprint density at radius 1 is 1.30 bits per heavy atom. The second-order valence-electron chi connectivity index (χ2n) is 6.31. The Morgan fingerprint density at radius 3 is 2.30 bits per heavy atom. The topological polar surface area (TPSA) is 59.0 Å². The summed E-state index contributed by atoms with van der Waals surface area (Å²) in [5.74, 6) is 0.676. The van der Waals surface area contributed by atoms with Crippen LogP contribution in [0.4, 0.5) is 0 Å². The third-order valence-electron chi connectivity index (χ3n) is 4.86. The lowest BCUT2D eigenvalue weighted by atomic mass is 9.48. The van der Waals surface area contributed by atoms with Gasteiger partial charge in [0.25, 0.3) is 0 Å². The molecule has 1 fully saturated rings. The molecule has 110 valence electrons. The maximum Gasteiger partial charge on any atom is 0.121 e. The van der Waals surface area contributed by atoms with E-state index in [0.717, 1.165) is 6.42 Å². The molecule has 5 heteroatoms. The van der Waals surface area contributed by atoms with Gasteiger partial charge in [0.05, 0.1) is 10.6 Å². The molecule has 2 unspecified atom stereocenters. The first-order valence-corrected chi connectivity index (χ1v) is 6.68. The predicted octanol–water partition coefficient (Wildman–Crippen LogP) is 3.92. The van der Waals surface area contributed by atoms with Crippen molar-refractivity contribution < 1.29 is 4.74 Å². The van der Waals surface area contributed by atoms with Gasteiger partial charge in [-0.25, -0.2) is 0 Å². The Hall–Kier alpha value is -0.950. The van der Waals surface area contributed by atoms with Crippen LogP contribution >= 0.6 is 24.0 Å². The van der Waals surface area contributed by atoms with Crippen LogP contribution in [0, 0.1) is 16.7 Å². The van der Waals surface area contributed by atoms with Gasteiger partial charge in [-0.2, -0.15) is 5.26 Å². The monoisotopic (exact) mass is 314 g/mol. The van der Waals surface area contributed by atoms with E-state index in [-0.39, 0.29) is 29.0 Å². The van der Waals surface area contributed by atoms with E-state index in [2.05, 4.69) is 20.8 Å². The van der Waals surface area contributed by atoms with Gasteiger partial charge >= 0.3 is 0 Å². The summed E-state index contributed by atoms with van der Waals surface area (Å²) >= 11 is 6.02. The molecule has 0 bridgehead atoms. The molecule has 0 spiro atoms. The van der Waals surface area contributed by atoms with Crippen LogP contribution in [-0.4, -0.2) is 11.1 Å². The van der Waals surface area contributed by atoms with Gasteiger partial charge in [-0.1, -0.05) is 25.4 Å². The molecule has 2 rings (SSSR count). The lowest BCUT2D eigenvalue weighted by Crippen LogP contribution is -2.75. The zero-order valence-electron chi connectivity index (χ0n) is 12.2. The Kier molecular flexibility index (Phi) is 4.37. The summed E-state index contributed by atoms with van der Waals surface area (Å²) in [6.45, 7) is 8.33. The number of rotatable bonds is 2. The molecule has 1 aromatic carbocycles. The molecule has 2 atom stereocenters. The first-order valence-electron chi connectivity index (χ1n) is 6.30. The average Bonchev–Trinajstić information content (AvgIpc) is 2.28. The fraction of sp³-hybridized carbons (Fsp3) is 0.533. The lowest BCUT2D eigenvalue weighted by Gasteiger charge is -2.64. The van der Waals surface area contributed by atoms with Gasteiger partial charge in [0.1, 0.15) is 17.4 Å². The van der Waals surface area contributed by atoms with Gasteiger partial charge in [0, 0.05) is 23.4 Å². The first-order chi connectivity index (χ1) is 8.63. The SMILES string of the molecule is CC1(N)CC(C)(Oc2ccc(C#N)c(Cl)c2)C1(C)C.Cl. The van der Waals surface area contributed by atoms with Crippen molar-refractivity contribution in [3.8, 4) is 11.8 Å². The molecule has 0 radical (unpaired) electrons. The molecule has 1 saturated carbocycles. The third-order valence-corrected chi connectivity index (χ3v) is 5.17. The highest BCUT2D eigenvalue weighted by atomic mass is 35.5. The molecule has 0 amide bonds. The van der Waals surface area contributed by atoms with Crippen molar-refractivity contribution in [3.63, 3.8) is 0 Å². The zero-order chi connectivity index (χ0) is 14.5. The minimum absolute atomic E-state index is 0. The van der Waals surface area contributed by atoms with E-state index >= 15 is 0 Å². The molecule has 0 saturated heterocycles. The van der Waals surface area contributed by atoms with Crippen LogP contribution in [0.5, 0.6) is 5.75 Å². The second-order valence-corrected chi connectivity index (χ2v) is 6.71. The van der Waals surface area contributed by atoms with E-state index in [9.17, 15) is 0 Å². The van der Waals surface area contributed by atoms with Gasteiger partial charge in [-0.15, -0.1) is 12.4 Å². The standard InChI is InChI=1S/C15H19ClN2O.ClH/c1-13(2)14(3,18)9-15(13,4)19-11-6-5-10(8-17)12(16)7-11;/h5-7H,9,18H2,1-4H3;1H. The molecule has 1 aliphatic rings. The van der Waals surface area contributed by atoms with Crippen molar-refractivity contribution in [3.05, 3.63) is 28.8 Å². The van der Waals surface area contributed by atoms with E-state index in [1.807, 2.05) is 13.0 Å². The van der Waals surface area contributed by atoms with Crippen LogP contribution in [0.3, 0.4) is 0 Å². The molecule has 0 aliphatic heterocycles. The predicted molar refractivity (Wildman–Crippen MR) is 83.4 cm³/mol. The highest BCUT2D eigenvalue weighted by Crippen LogP contribution is 2.57. The molecular weight excluding hydrogens is 295 g/mol. The summed E-state index contributed by atoms with van der Waals surface area (Å²) in [6, 6.07) is 7.17. The Bertz CT molecular complexity index is 563. The molecule has 0 aromatic heterocycles. The molecule has 1 aliphatic carbocycles. The average molecular weight is 315 g/mol. The number of benzene rings is 1. The fourth-order valence-electron chi connectivity index (χ4n) is 2.71. The largest absolute Gasteiger partial charge is 0.487 e. The van der Waals surface area contributed by atoms with Crippen molar-refractivity contribution >= 4 is 24.0 Å². The normalized spacial score (nSPS) is 30.6. The molecule has 3 nitrogen and oxygen atoms in total. The van der Waals surface area contributed by atoms with Crippen LogP contribution in [0.2, 0.25) is 5.02 Å². The maximum atomic E-state index is 8.86. The zero-order valence-corrected chi connectivity index (χ0v) is 13.7. The summed E-state index contributed by atoms with van der Waals surface area (Å²) in [5, 5.41) is 9.27. The Balaban J connectivity index is 0.00000200. The summed E-state index contributed by atoms with van der Waals surface area (Å²) < 4.78 is 6.10. The van der Waals surface area contributed by atoms with Crippen molar-refractivity contribution in [1.29, 1.82) is 5.26 Å². The maximum absolute atomic E-state index is 8.86. The van der Waals surface area contributed by atoms with E-state index in [4.69, 9.17) is 27.3 Å². The molecule has 1 aromatic rings. The van der Waals surface area contributed by atoms with Crippen molar-refractivity contribution in [2.45, 2.75) is 45.3 Å². The number of nitrogens with zero attached hydrogens (tertiary/aromatic N) is 1. The number of ether oxygens (including phenoxy) is 1. The van der Waals surface area contributed by atoms with E-state index in [1.54, 1.807) is 18.2 Å². The highest BCUT2D eigenvalue weighted by Gasteiger charge is 2.64. The minimum atomic E-state index is -0.325. The number of hydrogen-bond donors (Lipinski definition) is 1. The van der Waals surface area contributed by atoms with Crippen molar-refractivity contribution in [2.75, 3.05) is 0 Å². The minimum Gasteiger partial charge on any atom is -0.487 e. The van der Waals surface area contributed by atoms with E-state index in [0.29, 0.717) is 16.3 Å². The van der Waals surface area contributed by atoms with Crippen molar-refractivity contribution in [1.82, 2.24) is 0 Å². The highest BCUT2D eigenvalue weighted by molar-refractivity contribution is 6.31. The van der Waals surface area contributed by atoms with E-state index in [1.165, 1.54) is 0 Å². The van der Waals surface area contributed by atoms with Crippen molar-refractivity contribution in [2.24, 2.45) is 11.1 Å². The molecule has 2 N–H and O–H groups in total. The Labute approximate surface area is 131 Å². The molecular formula is C15H20Cl2N2O. The van der Waals surface area contributed by atoms with E-state index < -0.39 is 0 Å². The Morgan fingerprint density at radius 2 is 1.90 bits per heavy atom. The third kappa shape index (κ3) is 2.37. The van der Waals surface area contributed by atoms with Crippen LogP contribution < -0.4 is 10.5 Å². The van der Waals surface area contributed by atoms with Crippen LogP contribution in [-0.2, 0) is 0 Å². The molecule has 20 heavy (non-hydrogen) atoms. The van der Waals surface area contributed by atoms with Gasteiger partial charge in [0.15, 0.2) is 0 Å². The summed E-state index contributed by atoms with van der Waals surface area (Å²) in [6.07, 6.45) is 0.782. The quantitative estimate of drug-likeness (QED) is 0.900. The van der Waals surface area contributed by atoms with Gasteiger partial charge in [0.2, 0.25) is 0 Å². The lowest BCUT2D eigenvalue weighted by molar-refractivity contribution is -0.170. The van der Waals surface area contributed by atoms with Gasteiger partial charge in [-0.3, -0.25) is 0 Å². The summed E-state index contributed by atoms with van der Waals surface area (Å²) in [4.78, 5) is 0. The number of hydrogen-bond acceptors (Lipinski definition) is 3. The number of nitrogens with two attached hydrogens (primary N) is 1. The first kappa shape index (κ1) is 17.1.